The molecule has 2 aliphatic rings. The summed E-state index contributed by atoms with van der Waals surface area (Å²) in [5.41, 5.74) is 3.66. The van der Waals surface area contributed by atoms with Crippen LogP contribution in [0.1, 0.15) is 20.3 Å². The standard InChI is InChI=1S/C20H16O/c1-16-8-3-4-10-18-11-5-6-12-19(15-18)14-17(2)20(21)13-7-9-16/h5-7,9,11-14H,15H2,1-2H3/b13-7+,16-9-,17-14+. The molecule has 21 heavy (non-hydrogen) atoms. The van der Waals surface area contributed by atoms with Crippen LogP contribution in [0.15, 0.2) is 70.9 Å². The molecule has 102 valence electrons. The zero-order valence-electron chi connectivity index (χ0n) is 12.2. The second-order valence-electron chi connectivity index (χ2n) is 4.90. The number of fused-ring (bicyclic) bond motifs is 2. The minimum atomic E-state index is 0.00908. The highest BCUT2D eigenvalue weighted by Crippen LogP contribution is 2.17. The summed E-state index contributed by atoms with van der Waals surface area (Å²) in [5.74, 6) is 11.8. The number of carbonyl (C=O) groups is 1. The van der Waals surface area contributed by atoms with Gasteiger partial charge in [0.05, 0.1) is 0 Å². The molecule has 0 N–H and O–H groups in total. The molecule has 2 rings (SSSR count). The molecule has 0 aliphatic heterocycles. The topological polar surface area (TPSA) is 17.1 Å². The third-order valence-electron chi connectivity index (χ3n) is 3.04. The first-order valence-electron chi connectivity index (χ1n) is 6.81. The number of carbonyl (C=O) groups excluding carboxylic acids is 1. The molecule has 0 heterocycles. The van der Waals surface area contributed by atoms with Gasteiger partial charge in [-0.15, -0.1) is 0 Å². The van der Waals surface area contributed by atoms with E-state index < -0.39 is 0 Å². The summed E-state index contributed by atoms with van der Waals surface area (Å²) in [7, 11) is 0. The van der Waals surface area contributed by atoms with Crippen LogP contribution in [0.5, 0.6) is 0 Å². The maximum Gasteiger partial charge on any atom is 0.181 e. The highest BCUT2D eigenvalue weighted by molar-refractivity contribution is 6.04. The number of hydrogen-bond acceptors (Lipinski definition) is 1. The van der Waals surface area contributed by atoms with Crippen molar-refractivity contribution in [3.63, 3.8) is 0 Å². The van der Waals surface area contributed by atoms with E-state index in [-0.39, 0.29) is 5.78 Å². The monoisotopic (exact) mass is 272 g/mol. The summed E-state index contributed by atoms with van der Waals surface area (Å²) in [6.07, 6.45) is 15.7. The van der Waals surface area contributed by atoms with Gasteiger partial charge in [0, 0.05) is 12.0 Å². The van der Waals surface area contributed by atoms with Crippen molar-refractivity contribution in [2.45, 2.75) is 20.3 Å². The van der Waals surface area contributed by atoms with Crippen LogP contribution < -0.4 is 0 Å². The van der Waals surface area contributed by atoms with Crippen LogP contribution in [0.4, 0.5) is 0 Å². The second-order valence-corrected chi connectivity index (χ2v) is 4.90. The van der Waals surface area contributed by atoms with Crippen LogP contribution in [-0.4, -0.2) is 5.78 Å². The third kappa shape index (κ3) is 4.68. The average molecular weight is 272 g/mol. The van der Waals surface area contributed by atoms with Gasteiger partial charge in [0.15, 0.2) is 5.78 Å². The van der Waals surface area contributed by atoms with Gasteiger partial charge < -0.3 is 0 Å². The van der Waals surface area contributed by atoms with Crippen molar-refractivity contribution >= 4 is 5.78 Å². The van der Waals surface area contributed by atoms with E-state index in [0.717, 1.165) is 16.7 Å². The molecule has 0 aromatic rings. The number of hydrogen-bond donors (Lipinski definition) is 0. The van der Waals surface area contributed by atoms with E-state index >= 15 is 0 Å². The van der Waals surface area contributed by atoms with E-state index in [4.69, 9.17) is 0 Å². The van der Waals surface area contributed by atoms with E-state index in [1.807, 2.05) is 50.3 Å². The lowest BCUT2D eigenvalue weighted by Gasteiger charge is -2.02. The van der Waals surface area contributed by atoms with Crippen LogP contribution in [0.25, 0.3) is 0 Å². The average Bonchev–Trinajstić information content (AvgIpc) is 2.68. The molecule has 1 heteroatoms. The van der Waals surface area contributed by atoms with Gasteiger partial charge in [0.2, 0.25) is 0 Å². The van der Waals surface area contributed by atoms with Crippen molar-refractivity contribution in [2.75, 3.05) is 0 Å². The minimum absolute atomic E-state index is 0.00908. The fourth-order valence-electron chi connectivity index (χ4n) is 1.92. The van der Waals surface area contributed by atoms with E-state index in [1.165, 1.54) is 0 Å². The minimum Gasteiger partial charge on any atom is -0.290 e. The molecular formula is C20H16O. The quantitative estimate of drug-likeness (QED) is 0.612. The Balaban J connectivity index is 2.46. The summed E-state index contributed by atoms with van der Waals surface area (Å²) in [6, 6.07) is 0. The molecule has 0 spiro atoms. The molecule has 0 saturated heterocycles. The molecule has 0 aromatic carbocycles. The Morgan fingerprint density at radius 1 is 0.952 bits per heavy atom. The van der Waals surface area contributed by atoms with Crippen LogP contribution in [-0.2, 0) is 4.79 Å². The van der Waals surface area contributed by atoms with Gasteiger partial charge >= 0.3 is 0 Å². The highest BCUT2D eigenvalue weighted by Gasteiger charge is 2.04. The Bertz CT molecular complexity index is 754. The maximum absolute atomic E-state index is 12.0. The largest absolute Gasteiger partial charge is 0.290 e. The van der Waals surface area contributed by atoms with Gasteiger partial charge in [-0.3, -0.25) is 4.79 Å². The van der Waals surface area contributed by atoms with Gasteiger partial charge in [-0.05, 0) is 48.5 Å². The van der Waals surface area contributed by atoms with Crippen molar-refractivity contribution in [3.8, 4) is 23.7 Å². The zero-order valence-corrected chi connectivity index (χ0v) is 12.2. The van der Waals surface area contributed by atoms with Crippen LogP contribution in [0.3, 0.4) is 0 Å². The summed E-state index contributed by atoms with van der Waals surface area (Å²) in [5, 5.41) is 0. The van der Waals surface area contributed by atoms with Gasteiger partial charge in [0.25, 0.3) is 0 Å². The Kier molecular flexibility index (Phi) is 4.97. The molecule has 2 bridgehead atoms. The number of allylic oxidation sites excluding steroid dienone is 12. The van der Waals surface area contributed by atoms with Crippen molar-refractivity contribution in [2.24, 2.45) is 0 Å². The summed E-state index contributed by atoms with van der Waals surface area (Å²) >= 11 is 0. The molecule has 0 fully saturated rings. The van der Waals surface area contributed by atoms with E-state index in [2.05, 4.69) is 23.7 Å². The first-order valence-corrected chi connectivity index (χ1v) is 6.81. The van der Waals surface area contributed by atoms with E-state index in [1.54, 1.807) is 12.2 Å². The molecule has 2 aliphatic carbocycles. The summed E-state index contributed by atoms with van der Waals surface area (Å²) in [4.78, 5) is 12.0. The Labute approximate surface area is 126 Å². The van der Waals surface area contributed by atoms with Crippen LogP contribution >= 0.6 is 0 Å². The van der Waals surface area contributed by atoms with Crippen LogP contribution in [0, 0.1) is 23.7 Å². The second kappa shape index (κ2) is 7.13. The molecule has 1 nitrogen and oxygen atoms in total. The Morgan fingerprint density at radius 2 is 1.71 bits per heavy atom. The smallest absolute Gasteiger partial charge is 0.181 e. The van der Waals surface area contributed by atoms with Crippen molar-refractivity contribution in [1.29, 1.82) is 0 Å². The van der Waals surface area contributed by atoms with E-state index in [9.17, 15) is 4.79 Å². The van der Waals surface area contributed by atoms with Gasteiger partial charge in [-0.25, -0.2) is 0 Å². The lowest BCUT2D eigenvalue weighted by Crippen LogP contribution is -1.95. The molecule has 0 radical (unpaired) electrons. The lowest BCUT2D eigenvalue weighted by molar-refractivity contribution is -0.111. The fraction of sp³-hybridized carbons (Fsp3) is 0.150. The predicted molar refractivity (Wildman–Crippen MR) is 87.1 cm³/mol. The fourth-order valence-corrected chi connectivity index (χ4v) is 1.92. The van der Waals surface area contributed by atoms with Gasteiger partial charge in [-0.1, -0.05) is 54.4 Å². The lowest BCUT2D eigenvalue weighted by atomic mass is 10.0. The third-order valence-corrected chi connectivity index (χ3v) is 3.04. The summed E-state index contributed by atoms with van der Waals surface area (Å²) < 4.78 is 0. The predicted octanol–water partition coefficient (Wildman–Crippen LogP) is 3.84. The molecular weight excluding hydrogens is 256 g/mol. The van der Waals surface area contributed by atoms with Crippen molar-refractivity contribution in [1.82, 2.24) is 0 Å². The number of ketones is 1. The molecule has 0 amide bonds. The highest BCUT2D eigenvalue weighted by atomic mass is 16.1. The molecule has 0 aromatic heterocycles. The number of rotatable bonds is 0. The Morgan fingerprint density at radius 3 is 2.57 bits per heavy atom. The molecule has 0 unspecified atom stereocenters. The van der Waals surface area contributed by atoms with Crippen LogP contribution in [0.2, 0.25) is 0 Å². The van der Waals surface area contributed by atoms with Gasteiger partial charge in [0.1, 0.15) is 0 Å². The zero-order chi connectivity index (χ0) is 15.1. The van der Waals surface area contributed by atoms with Crippen molar-refractivity contribution < 1.29 is 4.79 Å². The first-order chi connectivity index (χ1) is 10.1. The maximum atomic E-state index is 12.0. The molecule has 0 saturated carbocycles. The summed E-state index contributed by atoms with van der Waals surface area (Å²) in [6.45, 7) is 3.73. The van der Waals surface area contributed by atoms with E-state index in [0.29, 0.717) is 12.0 Å². The Hall–Kier alpha value is -2.77. The first kappa shape index (κ1) is 14.6. The normalized spacial score (nSPS) is 24.2. The van der Waals surface area contributed by atoms with Gasteiger partial charge in [-0.2, -0.15) is 0 Å². The molecule has 0 atom stereocenters. The SMILES string of the molecule is C/C1=C/C=C/C(=O)/C(C)=C/C2=CC=CC=C(C#CC#C1)C2. The van der Waals surface area contributed by atoms with Crippen molar-refractivity contribution in [3.05, 3.63) is 70.9 Å².